The largest absolute Gasteiger partial charge is 0.264 e. The lowest BCUT2D eigenvalue weighted by atomic mass is 9.86. The Hall–Kier alpha value is -5.55. The molecule has 0 aliphatic rings. The summed E-state index contributed by atoms with van der Waals surface area (Å²) in [5, 5.41) is 7.46. The van der Waals surface area contributed by atoms with Crippen LogP contribution in [-0.4, -0.2) is 24.9 Å². The fraction of sp³-hybridized carbons (Fsp3) is 0. The van der Waals surface area contributed by atoms with Crippen molar-refractivity contribution < 1.29 is 0 Å². The Kier molecular flexibility index (Phi) is 5.07. The Bertz CT molecular complexity index is 2090. The van der Waals surface area contributed by atoms with Gasteiger partial charge in [-0.15, -0.1) is 0 Å². The fourth-order valence-electron chi connectivity index (χ4n) is 5.84. The highest BCUT2D eigenvalue weighted by Gasteiger charge is 2.16. The number of hydrogen-bond donors (Lipinski definition) is 0. The van der Waals surface area contributed by atoms with Gasteiger partial charge in [-0.25, -0.2) is 19.9 Å². The summed E-state index contributed by atoms with van der Waals surface area (Å²) in [6.07, 6.45) is 14.3. The molecule has 5 aromatic carbocycles. The third-order valence-electron chi connectivity index (χ3n) is 7.67. The van der Waals surface area contributed by atoms with Crippen molar-refractivity contribution in [1.82, 2.24) is 24.9 Å². The molecule has 0 radical (unpaired) electrons. The van der Waals surface area contributed by atoms with Crippen LogP contribution < -0.4 is 0 Å². The Morgan fingerprint density at radius 2 is 0.850 bits per heavy atom. The maximum atomic E-state index is 4.37. The molecule has 8 rings (SSSR count). The normalized spacial score (nSPS) is 11.5. The molecule has 0 atom stereocenters. The minimum absolute atomic E-state index is 0.960. The topological polar surface area (TPSA) is 64.5 Å². The zero-order chi connectivity index (χ0) is 26.5. The maximum absolute atomic E-state index is 4.37. The molecule has 0 unspecified atom stereocenters. The van der Waals surface area contributed by atoms with E-state index < -0.39 is 0 Å². The Balaban J connectivity index is 1.41. The molecule has 0 aliphatic carbocycles. The maximum Gasteiger partial charge on any atom is 0.115 e. The van der Waals surface area contributed by atoms with E-state index in [1.165, 1.54) is 43.4 Å². The fourth-order valence-corrected chi connectivity index (χ4v) is 5.84. The second-order valence-corrected chi connectivity index (χ2v) is 9.94. The molecule has 0 saturated carbocycles. The van der Waals surface area contributed by atoms with E-state index in [-0.39, 0.29) is 0 Å². The van der Waals surface area contributed by atoms with Crippen LogP contribution in [0.5, 0.6) is 0 Å². The summed E-state index contributed by atoms with van der Waals surface area (Å²) in [7, 11) is 0. The lowest BCUT2D eigenvalue weighted by Crippen LogP contribution is -1.91. The zero-order valence-corrected chi connectivity index (χ0v) is 21.4. The van der Waals surface area contributed by atoms with Crippen LogP contribution in [0, 0.1) is 0 Å². The SMILES string of the molecule is c1cncc(-c2ccc3ccc4c(-c5cc(-c6cncnc6)cc(-c6cncnc6)c5)ccc5ccc2c3c54)c1. The van der Waals surface area contributed by atoms with Gasteiger partial charge in [-0.2, -0.15) is 0 Å². The van der Waals surface area contributed by atoms with Crippen LogP contribution >= 0.6 is 0 Å². The smallest absolute Gasteiger partial charge is 0.115 e. The van der Waals surface area contributed by atoms with Gasteiger partial charge in [0, 0.05) is 53.9 Å². The zero-order valence-electron chi connectivity index (χ0n) is 21.4. The van der Waals surface area contributed by atoms with E-state index in [1.54, 1.807) is 12.7 Å². The molecular formula is C35H21N5. The van der Waals surface area contributed by atoms with Crippen LogP contribution in [0.3, 0.4) is 0 Å². The van der Waals surface area contributed by atoms with Crippen LogP contribution in [0.1, 0.15) is 0 Å². The van der Waals surface area contributed by atoms with E-state index in [2.05, 4.69) is 97.7 Å². The highest BCUT2D eigenvalue weighted by molar-refractivity contribution is 6.27. The molecule has 0 fully saturated rings. The predicted molar refractivity (Wildman–Crippen MR) is 161 cm³/mol. The highest BCUT2D eigenvalue weighted by atomic mass is 14.8. The van der Waals surface area contributed by atoms with Gasteiger partial charge in [0.2, 0.25) is 0 Å². The molecular weight excluding hydrogens is 490 g/mol. The van der Waals surface area contributed by atoms with Crippen LogP contribution in [0.4, 0.5) is 0 Å². The summed E-state index contributed by atoms with van der Waals surface area (Å²) in [6, 6.07) is 28.6. The number of pyridine rings is 1. The molecule has 5 heteroatoms. The summed E-state index contributed by atoms with van der Waals surface area (Å²) in [5.74, 6) is 0. The molecule has 0 spiro atoms. The van der Waals surface area contributed by atoms with Gasteiger partial charge in [0.15, 0.2) is 0 Å². The molecule has 3 heterocycles. The first-order valence-corrected chi connectivity index (χ1v) is 13.1. The third kappa shape index (κ3) is 3.60. The van der Waals surface area contributed by atoms with Crippen molar-refractivity contribution in [2.75, 3.05) is 0 Å². The van der Waals surface area contributed by atoms with Crippen LogP contribution in [0.2, 0.25) is 0 Å². The first-order chi connectivity index (χ1) is 19.8. The molecule has 8 aromatic rings. The molecule has 5 nitrogen and oxygen atoms in total. The molecule has 0 saturated heterocycles. The van der Waals surface area contributed by atoms with E-state index in [1.807, 2.05) is 43.2 Å². The monoisotopic (exact) mass is 511 g/mol. The van der Waals surface area contributed by atoms with E-state index in [0.29, 0.717) is 0 Å². The van der Waals surface area contributed by atoms with Gasteiger partial charge in [-0.3, -0.25) is 4.98 Å². The van der Waals surface area contributed by atoms with Gasteiger partial charge in [0.1, 0.15) is 12.7 Å². The average Bonchev–Trinajstić information content (AvgIpc) is 3.04. The van der Waals surface area contributed by atoms with Crippen molar-refractivity contribution in [2.24, 2.45) is 0 Å². The number of hydrogen-bond acceptors (Lipinski definition) is 5. The van der Waals surface area contributed by atoms with E-state index in [4.69, 9.17) is 0 Å². The van der Waals surface area contributed by atoms with Gasteiger partial charge < -0.3 is 0 Å². The summed E-state index contributed by atoms with van der Waals surface area (Å²) in [4.78, 5) is 21.4. The van der Waals surface area contributed by atoms with Crippen molar-refractivity contribution >= 4 is 32.3 Å². The molecule has 0 bridgehead atoms. The van der Waals surface area contributed by atoms with Crippen molar-refractivity contribution in [3.63, 3.8) is 0 Å². The first-order valence-electron chi connectivity index (χ1n) is 13.1. The van der Waals surface area contributed by atoms with E-state index >= 15 is 0 Å². The summed E-state index contributed by atoms with van der Waals surface area (Å²) in [5.41, 5.74) is 8.60. The number of nitrogens with zero attached hydrogens (tertiary/aromatic N) is 5. The second-order valence-electron chi connectivity index (χ2n) is 9.94. The van der Waals surface area contributed by atoms with Crippen LogP contribution in [0.15, 0.2) is 129 Å². The van der Waals surface area contributed by atoms with Crippen LogP contribution in [-0.2, 0) is 0 Å². The van der Waals surface area contributed by atoms with Gasteiger partial charge in [0.05, 0.1) is 0 Å². The number of rotatable bonds is 4. The van der Waals surface area contributed by atoms with Crippen molar-refractivity contribution in [3.05, 3.63) is 129 Å². The van der Waals surface area contributed by atoms with Gasteiger partial charge >= 0.3 is 0 Å². The van der Waals surface area contributed by atoms with E-state index in [9.17, 15) is 0 Å². The minimum Gasteiger partial charge on any atom is -0.264 e. The minimum atomic E-state index is 0.960. The molecule has 186 valence electrons. The summed E-state index contributed by atoms with van der Waals surface area (Å²) >= 11 is 0. The van der Waals surface area contributed by atoms with E-state index in [0.717, 1.165) is 33.4 Å². The van der Waals surface area contributed by atoms with Gasteiger partial charge in [-0.1, -0.05) is 54.6 Å². The molecule has 0 aliphatic heterocycles. The molecule has 0 N–H and O–H groups in total. The number of aromatic nitrogens is 5. The molecule has 40 heavy (non-hydrogen) atoms. The third-order valence-corrected chi connectivity index (χ3v) is 7.67. The van der Waals surface area contributed by atoms with Crippen molar-refractivity contribution in [3.8, 4) is 44.5 Å². The Labute approximate surface area is 230 Å². The second kappa shape index (κ2) is 9.03. The lowest BCUT2D eigenvalue weighted by Gasteiger charge is -2.17. The first kappa shape index (κ1) is 22.4. The van der Waals surface area contributed by atoms with Gasteiger partial charge in [0.25, 0.3) is 0 Å². The standard InChI is InChI=1S/C35H21N5/c1-2-24(15-36-11-1)30-7-3-22-6-10-33-31(8-4-23-5-9-32(30)34(22)35(23)33)27-13-25(28-16-37-20-38-17-28)12-26(14-27)29-18-39-21-40-19-29/h1-21H. The predicted octanol–water partition coefficient (Wildman–Crippen LogP) is 8.23. The lowest BCUT2D eigenvalue weighted by molar-refractivity contribution is 1.17. The Morgan fingerprint density at radius 3 is 1.38 bits per heavy atom. The molecule has 3 aromatic heterocycles. The summed E-state index contributed by atoms with van der Waals surface area (Å²) in [6.45, 7) is 0. The van der Waals surface area contributed by atoms with Crippen LogP contribution in [0.25, 0.3) is 76.8 Å². The van der Waals surface area contributed by atoms with Crippen molar-refractivity contribution in [1.29, 1.82) is 0 Å². The Morgan fingerprint density at radius 1 is 0.375 bits per heavy atom. The highest BCUT2D eigenvalue weighted by Crippen LogP contribution is 2.43. The quantitative estimate of drug-likeness (QED) is 0.223. The average molecular weight is 512 g/mol. The molecule has 0 amide bonds. The summed E-state index contributed by atoms with van der Waals surface area (Å²) < 4.78 is 0. The van der Waals surface area contributed by atoms with Crippen molar-refractivity contribution in [2.45, 2.75) is 0 Å². The van der Waals surface area contributed by atoms with Gasteiger partial charge in [-0.05, 0) is 84.4 Å². The number of benzene rings is 5.